The maximum absolute atomic E-state index is 6.51. The summed E-state index contributed by atoms with van der Waals surface area (Å²) < 4.78 is 37.9. The van der Waals surface area contributed by atoms with Gasteiger partial charge in [-0.3, -0.25) is 0 Å². The molecular weight excluding hydrogens is 463 g/mol. The number of hydrogen-bond donors (Lipinski definition) is 0. The molecule has 0 aromatic heterocycles. The summed E-state index contributed by atoms with van der Waals surface area (Å²) in [6.45, 7) is 5.33. The first-order valence-electron chi connectivity index (χ1n) is 11.9. The molecule has 8 heteroatoms. The van der Waals surface area contributed by atoms with Crippen molar-refractivity contribution >= 4 is 24.2 Å². The molecule has 3 rings (SSSR count). The van der Waals surface area contributed by atoms with Gasteiger partial charge >= 0.3 is 24.2 Å². The van der Waals surface area contributed by atoms with E-state index in [1.165, 1.54) is 0 Å². The molecular formula is C26H33AlO6Si. The molecule has 6 nitrogen and oxygen atoms in total. The lowest BCUT2D eigenvalue weighted by molar-refractivity contribution is 0.0787. The first-order valence-corrected chi connectivity index (χ1v) is 14.9. The second kappa shape index (κ2) is 14.8. The van der Waals surface area contributed by atoms with E-state index >= 15 is 0 Å². The van der Waals surface area contributed by atoms with Gasteiger partial charge in [0.25, 0.3) is 0 Å². The van der Waals surface area contributed by atoms with Crippen LogP contribution in [0.1, 0.15) is 39.5 Å². The van der Waals surface area contributed by atoms with Crippen molar-refractivity contribution in [2.75, 3.05) is 13.2 Å². The fourth-order valence-electron chi connectivity index (χ4n) is 2.92. The predicted molar refractivity (Wildman–Crippen MR) is 136 cm³/mol. The molecule has 0 aliphatic carbocycles. The van der Waals surface area contributed by atoms with Crippen LogP contribution in [0.3, 0.4) is 0 Å². The number of unbranched alkanes of at least 4 members (excludes halogenated alkanes) is 2. The second-order valence-electron chi connectivity index (χ2n) is 7.60. The van der Waals surface area contributed by atoms with E-state index in [1.807, 2.05) is 91.0 Å². The van der Waals surface area contributed by atoms with Gasteiger partial charge in [-0.15, -0.1) is 0 Å². The molecule has 34 heavy (non-hydrogen) atoms. The van der Waals surface area contributed by atoms with Crippen LogP contribution in [0.2, 0.25) is 0 Å². The van der Waals surface area contributed by atoms with Gasteiger partial charge in [0.05, 0.1) is 0 Å². The second-order valence-corrected chi connectivity index (χ2v) is 11.4. The van der Waals surface area contributed by atoms with E-state index < -0.39 is 24.2 Å². The fraction of sp³-hybridized carbons (Fsp3) is 0.308. The van der Waals surface area contributed by atoms with Crippen LogP contribution in [-0.2, 0) is 11.1 Å². The van der Waals surface area contributed by atoms with Crippen LogP contribution < -0.4 is 13.3 Å². The zero-order valence-corrected chi connectivity index (χ0v) is 22.1. The van der Waals surface area contributed by atoms with Crippen molar-refractivity contribution in [3.8, 4) is 17.2 Å². The minimum atomic E-state index is -3.89. The standard InChI is InChI=1S/C18H15O4Si.2C4H9O.Al/c19-23(20-16-10-4-1-5-11-16,21-17-12-6-2-7-13-17)22-18-14-8-3-9-15-18;2*1-2-3-4-5;/h1-15H;2*2-4H2,1H3;/q3*-1;+3. The van der Waals surface area contributed by atoms with E-state index in [1.54, 1.807) is 0 Å². The molecule has 0 aliphatic heterocycles. The van der Waals surface area contributed by atoms with Crippen molar-refractivity contribution in [3.63, 3.8) is 0 Å². The number of hydrogen-bond acceptors (Lipinski definition) is 6. The van der Waals surface area contributed by atoms with E-state index in [2.05, 4.69) is 13.8 Å². The zero-order chi connectivity index (χ0) is 23.9. The lowest BCUT2D eigenvalue weighted by Crippen LogP contribution is -2.61. The molecule has 0 N–H and O–H groups in total. The molecule has 0 heterocycles. The fourth-order valence-corrected chi connectivity index (χ4v) is 7.19. The molecule has 0 fully saturated rings. The van der Waals surface area contributed by atoms with Gasteiger partial charge in [-0.1, -0.05) is 81.3 Å². The highest BCUT2D eigenvalue weighted by Crippen LogP contribution is 2.26. The van der Waals surface area contributed by atoms with Crippen LogP contribution in [-0.4, -0.2) is 37.4 Å². The molecule has 0 atom stereocenters. The summed E-state index contributed by atoms with van der Waals surface area (Å²) in [5.74, 6) is 1.74. The third kappa shape index (κ3) is 9.15. The molecule has 0 aliphatic rings. The number of rotatable bonds is 16. The van der Waals surface area contributed by atoms with Crippen molar-refractivity contribution in [1.82, 2.24) is 0 Å². The average Bonchev–Trinajstić information content (AvgIpc) is 2.86. The largest absolute Gasteiger partial charge is 0.901 e. The highest BCUT2D eigenvalue weighted by molar-refractivity contribution is 6.64. The first-order chi connectivity index (χ1) is 16.7. The summed E-state index contributed by atoms with van der Waals surface area (Å²) >= 11 is -2.66. The van der Waals surface area contributed by atoms with E-state index in [-0.39, 0.29) is 0 Å². The van der Waals surface area contributed by atoms with Crippen molar-refractivity contribution in [1.29, 1.82) is 0 Å². The molecule has 0 amide bonds. The number of para-hydroxylation sites is 3. The Hall–Kier alpha value is -2.31. The molecule has 0 radical (unpaired) electrons. The van der Waals surface area contributed by atoms with E-state index in [0.29, 0.717) is 30.5 Å². The highest BCUT2D eigenvalue weighted by atomic mass is 28.4. The topological polar surface area (TPSA) is 55.4 Å². The Balaban J connectivity index is 1.95. The SMILES string of the molecule is CCCC[O][Al]([O]CCCC)[O][Si](Oc1ccccc1)(Oc1ccccc1)Oc1ccccc1. The van der Waals surface area contributed by atoms with Gasteiger partial charge in [0, 0.05) is 13.2 Å². The Kier molecular flexibility index (Phi) is 11.5. The summed E-state index contributed by atoms with van der Waals surface area (Å²) in [6, 6.07) is 28.2. The summed E-state index contributed by atoms with van der Waals surface area (Å²) in [7, 11) is -3.89. The number of benzene rings is 3. The third-order valence-electron chi connectivity index (χ3n) is 4.70. The maximum Gasteiger partial charge on any atom is 0.901 e. The van der Waals surface area contributed by atoms with Crippen LogP contribution >= 0.6 is 0 Å². The van der Waals surface area contributed by atoms with Crippen molar-refractivity contribution < 1.29 is 24.3 Å². The van der Waals surface area contributed by atoms with Gasteiger partial charge in [-0.25, -0.2) is 0 Å². The van der Waals surface area contributed by atoms with E-state index in [9.17, 15) is 0 Å². The van der Waals surface area contributed by atoms with Crippen LogP contribution in [0.25, 0.3) is 0 Å². The van der Waals surface area contributed by atoms with Crippen LogP contribution in [0.15, 0.2) is 91.0 Å². The predicted octanol–water partition coefficient (Wildman–Crippen LogP) is 6.29. The van der Waals surface area contributed by atoms with E-state index in [0.717, 1.165) is 25.7 Å². The molecule has 3 aromatic carbocycles. The Labute approximate surface area is 209 Å². The van der Waals surface area contributed by atoms with E-state index in [4.69, 9.17) is 24.3 Å². The van der Waals surface area contributed by atoms with Gasteiger partial charge in [-0.05, 0) is 49.2 Å². The summed E-state index contributed by atoms with van der Waals surface area (Å²) in [5.41, 5.74) is 0. The molecule has 0 spiro atoms. The van der Waals surface area contributed by atoms with Gasteiger partial charge in [-0.2, -0.15) is 0 Å². The maximum atomic E-state index is 6.51. The van der Waals surface area contributed by atoms with Crippen molar-refractivity contribution in [2.45, 2.75) is 39.5 Å². The van der Waals surface area contributed by atoms with Crippen molar-refractivity contribution in [2.24, 2.45) is 0 Å². The normalized spacial score (nSPS) is 11.1. The Morgan fingerprint density at radius 2 is 0.912 bits per heavy atom. The molecule has 180 valence electrons. The Morgan fingerprint density at radius 1 is 0.559 bits per heavy atom. The van der Waals surface area contributed by atoms with Crippen LogP contribution in [0, 0.1) is 0 Å². The Bertz CT molecular complexity index is 805. The van der Waals surface area contributed by atoms with Gasteiger partial charge in [0.2, 0.25) is 0 Å². The minimum Gasteiger partial charge on any atom is -0.463 e. The lowest BCUT2D eigenvalue weighted by atomic mass is 10.3. The van der Waals surface area contributed by atoms with Gasteiger partial charge < -0.3 is 24.3 Å². The van der Waals surface area contributed by atoms with Crippen molar-refractivity contribution in [3.05, 3.63) is 91.0 Å². The third-order valence-corrected chi connectivity index (χ3v) is 9.10. The molecule has 0 saturated heterocycles. The minimum absolute atomic E-state index is 0.548. The smallest absolute Gasteiger partial charge is 0.463 e. The zero-order valence-electron chi connectivity index (χ0n) is 19.9. The molecule has 3 aromatic rings. The quantitative estimate of drug-likeness (QED) is 0.172. The lowest BCUT2D eigenvalue weighted by Gasteiger charge is -2.30. The first kappa shape index (κ1) is 26.3. The van der Waals surface area contributed by atoms with Gasteiger partial charge in [0.1, 0.15) is 17.2 Å². The van der Waals surface area contributed by atoms with Crippen LogP contribution in [0.4, 0.5) is 0 Å². The average molecular weight is 497 g/mol. The molecule has 0 bridgehead atoms. The summed E-state index contributed by atoms with van der Waals surface area (Å²) in [5, 5.41) is 0. The summed E-state index contributed by atoms with van der Waals surface area (Å²) in [6.07, 6.45) is 3.86. The molecule has 0 unspecified atom stereocenters. The molecule has 0 saturated carbocycles. The summed E-state index contributed by atoms with van der Waals surface area (Å²) in [4.78, 5) is 0. The monoisotopic (exact) mass is 496 g/mol. The highest BCUT2D eigenvalue weighted by Gasteiger charge is 2.60. The van der Waals surface area contributed by atoms with Crippen LogP contribution in [0.5, 0.6) is 17.2 Å². The van der Waals surface area contributed by atoms with Gasteiger partial charge in [0.15, 0.2) is 0 Å². The Morgan fingerprint density at radius 3 is 1.24 bits per heavy atom.